The smallest absolute Gasteiger partial charge is 0.332 e. The molecule has 1 aliphatic heterocycles. The van der Waals surface area contributed by atoms with Crippen molar-refractivity contribution in [2.75, 3.05) is 13.1 Å². The Morgan fingerprint density at radius 3 is 2.33 bits per heavy atom. The normalized spacial score (nSPS) is 20.9. The molecule has 2 amide bonds. The maximum atomic E-state index is 15.5. The number of alkyl halides is 4. The molecular weight excluding hydrogens is 512 g/mol. The zero-order valence-corrected chi connectivity index (χ0v) is 19.6. The summed E-state index contributed by atoms with van der Waals surface area (Å²) in [6.45, 7) is -1.11. The van der Waals surface area contributed by atoms with Crippen molar-refractivity contribution in [3.8, 4) is 11.1 Å². The van der Waals surface area contributed by atoms with Crippen molar-refractivity contribution < 1.29 is 39.6 Å². The van der Waals surface area contributed by atoms with E-state index < -0.39 is 70.3 Å². The summed E-state index contributed by atoms with van der Waals surface area (Å²) < 4.78 is 108. The molecule has 1 saturated heterocycles. The fraction of sp³-hybridized carbons (Fsp3) is 0.435. The van der Waals surface area contributed by atoms with Crippen LogP contribution in [0.4, 0.5) is 31.1 Å². The van der Waals surface area contributed by atoms with Crippen molar-refractivity contribution in [2.45, 2.75) is 43.5 Å². The monoisotopic (exact) mass is 535 g/mol. The summed E-state index contributed by atoms with van der Waals surface area (Å²) in [5.41, 5.74) is -0.851. The van der Waals surface area contributed by atoms with Gasteiger partial charge in [0.15, 0.2) is 0 Å². The average Bonchev–Trinajstić information content (AvgIpc) is 3.55. The van der Waals surface area contributed by atoms with Crippen LogP contribution in [0.3, 0.4) is 0 Å². The summed E-state index contributed by atoms with van der Waals surface area (Å²) >= 11 is 0. The van der Waals surface area contributed by atoms with Gasteiger partial charge < -0.3 is 10.2 Å². The second kappa shape index (κ2) is 9.92. The molecular formula is C23H23F6N3O3S. The maximum Gasteiger partial charge on any atom is 0.350 e. The summed E-state index contributed by atoms with van der Waals surface area (Å²) in [4.78, 5) is 13.8. The highest BCUT2D eigenvalue weighted by Gasteiger charge is 2.61. The molecule has 2 aromatic carbocycles. The van der Waals surface area contributed by atoms with Crippen LogP contribution in [0.15, 0.2) is 42.5 Å². The van der Waals surface area contributed by atoms with Crippen molar-refractivity contribution in [3.05, 3.63) is 59.7 Å². The molecule has 2 aliphatic rings. The minimum absolute atomic E-state index is 0.0804. The molecule has 1 saturated carbocycles. The van der Waals surface area contributed by atoms with Crippen LogP contribution >= 0.6 is 0 Å². The Morgan fingerprint density at radius 2 is 1.75 bits per heavy atom. The van der Waals surface area contributed by atoms with Gasteiger partial charge in [-0.3, -0.25) is 0 Å². The molecule has 0 unspecified atom stereocenters. The fourth-order valence-corrected chi connectivity index (χ4v) is 5.63. The summed E-state index contributed by atoms with van der Waals surface area (Å²) in [5.74, 6) is -5.39. The molecule has 0 radical (unpaired) electrons. The second-order valence-corrected chi connectivity index (χ2v) is 10.7. The Hall–Kier alpha value is -2.80. The fourth-order valence-electron chi connectivity index (χ4n) is 4.77. The van der Waals surface area contributed by atoms with Crippen molar-refractivity contribution in [2.24, 2.45) is 5.41 Å². The molecule has 1 heterocycles. The standard InChI is InChI=1S/C23H23F6N3O3S/c24-15-8-14(19(27)16(10-15)13-4-2-1-3-5-13)9-17-20(31-36(34,35)21(28)29)23(6-7-23)12-32(17)22(33)30-11-18(25)26/h1-5,8,10,17-18,20-21,31H,6-7,9,11-12H2,(H,30,33)/t17-,20+/m0/s1. The van der Waals surface area contributed by atoms with Crippen LogP contribution in [0, 0.1) is 17.0 Å². The van der Waals surface area contributed by atoms with Gasteiger partial charge >= 0.3 is 11.8 Å². The van der Waals surface area contributed by atoms with Crippen LogP contribution < -0.4 is 10.0 Å². The van der Waals surface area contributed by atoms with E-state index in [1.165, 1.54) is 0 Å². The third-order valence-electron chi connectivity index (χ3n) is 6.64. The molecule has 36 heavy (non-hydrogen) atoms. The summed E-state index contributed by atoms with van der Waals surface area (Å²) in [6.07, 6.45) is -2.56. The first-order valence-corrected chi connectivity index (χ1v) is 12.6. The minimum atomic E-state index is -5.11. The number of carbonyl (C=O) groups is 1. The molecule has 2 fully saturated rings. The second-order valence-electron chi connectivity index (χ2n) is 9.03. The van der Waals surface area contributed by atoms with Crippen LogP contribution in [-0.2, 0) is 16.4 Å². The zero-order chi connectivity index (χ0) is 26.3. The largest absolute Gasteiger partial charge is 0.350 e. The number of hydrogen-bond acceptors (Lipinski definition) is 3. The lowest BCUT2D eigenvalue weighted by Crippen LogP contribution is -2.52. The van der Waals surface area contributed by atoms with Gasteiger partial charge in [0.2, 0.25) is 0 Å². The third-order valence-corrected chi connectivity index (χ3v) is 7.69. The van der Waals surface area contributed by atoms with Gasteiger partial charge in [-0.1, -0.05) is 30.3 Å². The minimum Gasteiger partial charge on any atom is -0.332 e. The number of amides is 2. The highest BCUT2D eigenvalue weighted by atomic mass is 32.2. The first-order chi connectivity index (χ1) is 16.9. The Labute approximate surface area is 203 Å². The van der Waals surface area contributed by atoms with Crippen LogP contribution in [-0.4, -0.2) is 56.7 Å². The van der Waals surface area contributed by atoms with Crippen molar-refractivity contribution >= 4 is 16.1 Å². The number of nitrogens with one attached hydrogen (secondary N) is 2. The van der Waals surface area contributed by atoms with Gasteiger partial charge in [0.25, 0.3) is 16.4 Å². The predicted octanol–water partition coefficient (Wildman–Crippen LogP) is 4.12. The Kier molecular flexibility index (Phi) is 7.24. The van der Waals surface area contributed by atoms with Crippen LogP contribution in [0.2, 0.25) is 0 Å². The molecule has 2 N–H and O–H groups in total. The molecule has 0 aromatic heterocycles. The van der Waals surface area contributed by atoms with Gasteiger partial charge in [-0.05, 0) is 42.5 Å². The van der Waals surface area contributed by atoms with Gasteiger partial charge in [0, 0.05) is 17.5 Å². The van der Waals surface area contributed by atoms with E-state index in [0.717, 1.165) is 17.0 Å². The topological polar surface area (TPSA) is 78.5 Å². The number of urea groups is 1. The highest BCUT2D eigenvalue weighted by molar-refractivity contribution is 7.89. The Morgan fingerprint density at radius 1 is 1.08 bits per heavy atom. The molecule has 2 aromatic rings. The molecule has 6 nitrogen and oxygen atoms in total. The highest BCUT2D eigenvalue weighted by Crippen LogP contribution is 2.55. The number of likely N-dealkylation sites (tertiary alicyclic amines) is 1. The van der Waals surface area contributed by atoms with E-state index in [-0.39, 0.29) is 17.7 Å². The maximum absolute atomic E-state index is 15.5. The van der Waals surface area contributed by atoms with E-state index in [4.69, 9.17) is 0 Å². The van der Waals surface area contributed by atoms with E-state index in [2.05, 4.69) is 0 Å². The molecule has 13 heteroatoms. The number of hydrogen-bond donors (Lipinski definition) is 2. The van der Waals surface area contributed by atoms with E-state index >= 15 is 4.39 Å². The number of benzene rings is 2. The Balaban J connectivity index is 1.73. The molecule has 196 valence electrons. The number of halogens is 6. The lowest BCUT2D eigenvalue weighted by atomic mass is 9.91. The number of carbonyl (C=O) groups excluding carboxylic acids is 1. The Bertz CT molecular complexity index is 1230. The SMILES string of the molecule is O=C(NCC(F)F)N1CC2(CC2)[C@H](NS(=O)(=O)C(F)F)[C@@H]1Cc1cc(F)cc(-c2ccccc2)c1F. The van der Waals surface area contributed by atoms with Crippen molar-refractivity contribution in [1.29, 1.82) is 0 Å². The van der Waals surface area contributed by atoms with Crippen LogP contribution in [0.1, 0.15) is 18.4 Å². The van der Waals surface area contributed by atoms with E-state index in [1.807, 2.05) is 10.0 Å². The molecule has 0 bridgehead atoms. The van der Waals surface area contributed by atoms with Gasteiger partial charge in [-0.25, -0.2) is 35.5 Å². The number of sulfonamides is 1. The van der Waals surface area contributed by atoms with E-state index in [1.54, 1.807) is 30.3 Å². The zero-order valence-electron chi connectivity index (χ0n) is 18.7. The average molecular weight is 536 g/mol. The van der Waals surface area contributed by atoms with Gasteiger partial charge in [-0.2, -0.15) is 8.78 Å². The number of rotatable bonds is 8. The van der Waals surface area contributed by atoms with Gasteiger partial charge in [0.1, 0.15) is 11.6 Å². The quantitative estimate of drug-likeness (QED) is 0.500. The van der Waals surface area contributed by atoms with E-state index in [9.17, 15) is 35.2 Å². The first-order valence-electron chi connectivity index (χ1n) is 11.1. The molecule has 4 rings (SSSR count). The molecule has 1 spiro atoms. The third kappa shape index (κ3) is 5.31. The first kappa shape index (κ1) is 26.3. The summed E-state index contributed by atoms with van der Waals surface area (Å²) in [6, 6.07) is 6.43. The van der Waals surface area contributed by atoms with Gasteiger partial charge in [0.05, 0.1) is 18.6 Å². The van der Waals surface area contributed by atoms with E-state index in [0.29, 0.717) is 18.4 Å². The molecule has 2 atom stereocenters. The summed E-state index contributed by atoms with van der Waals surface area (Å²) in [7, 11) is -5.11. The van der Waals surface area contributed by atoms with Crippen molar-refractivity contribution in [3.63, 3.8) is 0 Å². The molecule has 1 aliphatic carbocycles. The van der Waals surface area contributed by atoms with Crippen molar-refractivity contribution in [1.82, 2.24) is 14.9 Å². The lowest BCUT2D eigenvalue weighted by Gasteiger charge is -2.29. The van der Waals surface area contributed by atoms with Gasteiger partial charge in [-0.15, -0.1) is 0 Å². The lowest BCUT2D eigenvalue weighted by molar-refractivity contribution is 0.137. The van der Waals surface area contributed by atoms with Crippen LogP contribution in [0.25, 0.3) is 11.1 Å². The number of nitrogens with zero attached hydrogens (tertiary/aromatic N) is 1. The summed E-state index contributed by atoms with van der Waals surface area (Å²) in [5, 5.41) is 2.02. The van der Waals surface area contributed by atoms with Crippen LogP contribution in [0.5, 0.6) is 0 Å². The predicted molar refractivity (Wildman–Crippen MR) is 119 cm³/mol.